The molecular formula is H12NNdO9-. The second-order valence-corrected chi connectivity index (χ2v) is 0.224. The number of nitrogens with zero attached hydrogens (tertiary/aromatic N) is 1. The van der Waals surface area contributed by atoms with Gasteiger partial charge < -0.3 is 48.2 Å². The molecule has 0 unspecified atom stereocenters. The van der Waals surface area contributed by atoms with E-state index in [-0.39, 0.29) is 73.7 Å². The Morgan fingerprint density at radius 1 is 0.727 bits per heavy atom. The van der Waals surface area contributed by atoms with Crippen molar-refractivity contribution >= 4 is 0 Å². The molecule has 0 aliphatic rings. The Bertz CT molecular complexity index is 32.5. The molecule has 0 bridgehead atoms. The number of rotatable bonds is 0. The van der Waals surface area contributed by atoms with E-state index in [4.69, 9.17) is 15.3 Å². The van der Waals surface area contributed by atoms with Gasteiger partial charge in [0.1, 0.15) is 0 Å². The van der Waals surface area contributed by atoms with E-state index < -0.39 is 5.09 Å². The molecule has 0 saturated heterocycles. The Balaban J connectivity index is -0.00000000214. The van der Waals surface area contributed by atoms with Gasteiger partial charge in [-0.3, -0.25) is 0 Å². The quantitative estimate of drug-likeness (QED) is 0.314. The van der Waals surface area contributed by atoms with Crippen molar-refractivity contribution in [2.75, 3.05) is 0 Å². The molecule has 0 saturated carbocycles. The largest absolute Gasteiger partial charge is 0.412 e. The molecule has 11 heteroatoms. The SMILES string of the molecule is O.O.O.O.O.O.O=[N+]([O-])[O-].[Nd]. The summed E-state index contributed by atoms with van der Waals surface area (Å²) in [5, 5.41) is 14.8. The minimum Gasteiger partial charge on any atom is -0.412 e. The molecule has 0 radical (unpaired) electrons. The first kappa shape index (κ1) is 110. The van der Waals surface area contributed by atoms with E-state index in [2.05, 4.69) is 0 Å². The standard InChI is InChI=1S/NO3.Nd.6H2O/c2-1(3)4;;;;;;;/h;;6*1H2/q-1;;;;;;;. The molecule has 0 rings (SSSR count). The molecule has 76 valence electrons. The first-order valence-electron chi connectivity index (χ1n) is 0.548. The third-order valence-electron chi connectivity index (χ3n) is 0. The van der Waals surface area contributed by atoms with Crippen LogP contribution in [0.15, 0.2) is 0 Å². The second kappa shape index (κ2) is 81.5. The fourth-order valence-electron chi connectivity index (χ4n) is 0. The van der Waals surface area contributed by atoms with Crippen molar-refractivity contribution in [2.45, 2.75) is 0 Å². The van der Waals surface area contributed by atoms with Gasteiger partial charge in [-0.1, -0.05) is 0 Å². The summed E-state index contributed by atoms with van der Waals surface area (Å²) >= 11 is 0. The van der Waals surface area contributed by atoms with Crippen molar-refractivity contribution in [2.24, 2.45) is 0 Å². The molecule has 0 fully saturated rings. The monoisotopic (exact) mass is 312 g/mol. The molecule has 0 spiro atoms. The zero-order valence-corrected chi connectivity index (χ0v) is 8.38. The maximum Gasteiger partial charge on any atom is 0.0689 e. The maximum atomic E-state index is 8.25. The summed E-state index contributed by atoms with van der Waals surface area (Å²) in [6.07, 6.45) is 0. The van der Waals surface area contributed by atoms with Gasteiger partial charge in [-0.25, -0.2) is 0 Å². The first-order valence-corrected chi connectivity index (χ1v) is 0.548. The summed E-state index contributed by atoms with van der Waals surface area (Å²) in [5.74, 6) is 0. The number of hydrogen-bond acceptors (Lipinski definition) is 3. The Labute approximate surface area is 93.7 Å². The summed E-state index contributed by atoms with van der Waals surface area (Å²) < 4.78 is 0. The molecule has 11 heavy (non-hydrogen) atoms. The van der Waals surface area contributed by atoms with E-state index in [1.54, 1.807) is 0 Å². The smallest absolute Gasteiger partial charge is 0.0689 e. The van der Waals surface area contributed by atoms with Crippen molar-refractivity contribution in [3.63, 3.8) is 0 Å². The molecule has 0 aromatic rings. The Hall–Kier alpha value is 0.311. The van der Waals surface area contributed by atoms with Crippen molar-refractivity contribution in [3.8, 4) is 0 Å². The van der Waals surface area contributed by atoms with E-state index in [9.17, 15) is 0 Å². The summed E-state index contributed by atoms with van der Waals surface area (Å²) in [6.45, 7) is 0. The summed E-state index contributed by atoms with van der Waals surface area (Å²) in [6, 6.07) is 0. The first-order chi connectivity index (χ1) is 1.73. The van der Waals surface area contributed by atoms with Gasteiger partial charge in [0.05, 0.1) is 5.09 Å². The normalized spacial score (nSPS) is 2.18. The summed E-state index contributed by atoms with van der Waals surface area (Å²) in [5.41, 5.74) is 0. The predicted molar refractivity (Wildman–Crippen MR) is 32.0 cm³/mol. The van der Waals surface area contributed by atoms with Gasteiger partial charge in [0.15, 0.2) is 0 Å². The minimum absolute atomic E-state index is 0. The van der Waals surface area contributed by atoms with Crippen molar-refractivity contribution < 1.29 is 78.8 Å². The molecule has 0 aromatic heterocycles. The summed E-state index contributed by atoms with van der Waals surface area (Å²) in [7, 11) is 0. The Morgan fingerprint density at radius 2 is 0.727 bits per heavy atom. The molecular weight excluding hydrogens is 302 g/mol. The summed E-state index contributed by atoms with van der Waals surface area (Å²) in [4.78, 5) is 8.25. The fraction of sp³-hybridized carbons (Fsp3) is 0. The molecule has 0 amide bonds. The van der Waals surface area contributed by atoms with Gasteiger partial charge in [0.2, 0.25) is 0 Å². The van der Waals surface area contributed by atoms with Crippen molar-refractivity contribution in [1.29, 1.82) is 0 Å². The van der Waals surface area contributed by atoms with E-state index >= 15 is 0 Å². The van der Waals surface area contributed by atoms with Gasteiger partial charge in [-0.15, -0.1) is 0 Å². The molecule has 0 heterocycles. The van der Waals surface area contributed by atoms with Gasteiger partial charge in [-0.05, 0) is 0 Å². The van der Waals surface area contributed by atoms with Crippen LogP contribution in [0, 0.1) is 56.2 Å². The van der Waals surface area contributed by atoms with E-state index in [0.717, 1.165) is 0 Å². The van der Waals surface area contributed by atoms with E-state index in [1.165, 1.54) is 0 Å². The minimum atomic E-state index is -1.75. The number of hydrogen-bond donors (Lipinski definition) is 0. The second-order valence-electron chi connectivity index (χ2n) is 0.224. The molecule has 0 aliphatic carbocycles. The van der Waals surface area contributed by atoms with Crippen LogP contribution in [0.1, 0.15) is 0 Å². The van der Waals surface area contributed by atoms with Crippen LogP contribution in [0.5, 0.6) is 0 Å². The molecule has 10 nitrogen and oxygen atoms in total. The van der Waals surface area contributed by atoms with E-state index in [1.807, 2.05) is 0 Å². The third kappa shape index (κ3) is 7380. The Kier molecular flexibility index (Phi) is 813. The van der Waals surface area contributed by atoms with Gasteiger partial charge in [0.25, 0.3) is 0 Å². The van der Waals surface area contributed by atoms with Gasteiger partial charge in [0, 0.05) is 40.8 Å². The topological polar surface area (TPSA) is 255 Å². The molecule has 0 aromatic carbocycles. The van der Waals surface area contributed by atoms with Gasteiger partial charge >= 0.3 is 0 Å². The molecule has 0 aliphatic heterocycles. The zero-order valence-electron chi connectivity index (χ0n) is 5.17. The van der Waals surface area contributed by atoms with Crippen LogP contribution >= 0.6 is 0 Å². The van der Waals surface area contributed by atoms with E-state index in [0.29, 0.717) is 0 Å². The van der Waals surface area contributed by atoms with Crippen LogP contribution in [-0.4, -0.2) is 37.9 Å². The van der Waals surface area contributed by atoms with Gasteiger partial charge in [-0.2, -0.15) is 0 Å². The third-order valence-corrected chi connectivity index (χ3v) is 0. The average molecular weight is 314 g/mol. The fourth-order valence-corrected chi connectivity index (χ4v) is 0. The van der Waals surface area contributed by atoms with Crippen molar-refractivity contribution in [1.82, 2.24) is 0 Å². The van der Waals surface area contributed by atoms with Crippen LogP contribution in [0.4, 0.5) is 0 Å². The zero-order chi connectivity index (χ0) is 3.58. The van der Waals surface area contributed by atoms with Crippen LogP contribution in [0.25, 0.3) is 0 Å². The maximum absolute atomic E-state index is 8.25. The predicted octanol–water partition coefficient (Wildman–Crippen LogP) is -5.19. The molecule has 0 atom stereocenters. The van der Waals surface area contributed by atoms with Crippen LogP contribution < -0.4 is 0 Å². The molecule has 12 N–H and O–H groups in total. The van der Waals surface area contributed by atoms with Crippen LogP contribution in [0.3, 0.4) is 0 Å². The Morgan fingerprint density at radius 3 is 0.727 bits per heavy atom. The van der Waals surface area contributed by atoms with Crippen LogP contribution in [0.2, 0.25) is 0 Å². The average Bonchev–Trinajstić information content (AvgIpc) is 0.811. The van der Waals surface area contributed by atoms with Crippen molar-refractivity contribution in [3.05, 3.63) is 15.3 Å². The van der Waals surface area contributed by atoms with Crippen LogP contribution in [-0.2, 0) is 0 Å².